The van der Waals surface area contributed by atoms with Crippen molar-refractivity contribution in [3.05, 3.63) is 23.9 Å². The van der Waals surface area contributed by atoms with Gasteiger partial charge in [-0.05, 0) is 12.5 Å². The lowest BCUT2D eigenvalue weighted by Crippen LogP contribution is -2.32. The lowest BCUT2D eigenvalue weighted by atomic mass is 10.1. The van der Waals surface area contributed by atoms with Gasteiger partial charge in [0.1, 0.15) is 5.82 Å². The Bertz CT molecular complexity index is 441. The van der Waals surface area contributed by atoms with Gasteiger partial charge in [0.25, 0.3) is 0 Å². The molecule has 2 heterocycles. The number of anilines is 2. The van der Waals surface area contributed by atoms with Crippen molar-refractivity contribution in [2.45, 2.75) is 12.6 Å². The van der Waals surface area contributed by atoms with Crippen LogP contribution in [-0.2, 0) is 0 Å². The highest BCUT2D eigenvalue weighted by Gasteiger charge is 2.34. The summed E-state index contributed by atoms with van der Waals surface area (Å²) in [5, 5.41) is 0. The number of nitrogens with two attached hydrogens (primary N) is 1. The van der Waals surface area contributed by atoms with Crippen molar-refractivity contribution < 1.29 is 13.2 Å². The third kappa shape index (κ3) is 2.66. The lowest BCUT2D eigenvalue weighted by Gasteiger charge is -2.28. The summed E-state index contributed by atoms with van der Waals surface area (Å²) in [6.45, 7) is 0.465. The highest BCUT2D eigenvalue weighted by molar-refractivity contribution is 5.43. The third-order valence-corrected chi connectivity index (χ3v) is 2.56. The first-order valence-corrected chi connectivity index (χ1v) is 5.06. The second-order valence-electron chi connectivity index (χ2n) is 3.70. The first-order chi connectivity index (χ1) is 7.97. The Morgan fingerprint density at radius 1 is 1.35 bits per heavy atom. The van der Waals surface area contributed by atoms with Gasteiger partial charge in [0.05, 0.1) is 0 Å². The zero-order chi connectivity index (χ0) is 12.5. The van der Waals surface area contributed by atoms with Crippen molar-refractivity contribution in [3.8, 4) is 0 Å². The van der Waals surface area contributed by atoms with Crippen molar-refractivity contribution in [1.82, 2.24) is 9.97 Å². The molecule has 0 aliphatic carbocycles. The van der Waals surface area contributed by atoms with E-state index in [9.17, 15) is 13.2 Å². The lowest BCUT2D eigenvalue weighted by molar-refractivity contribution is -0.0944. The van der Waals surface area contributed by atoms with Crippen LogP contribution in [0.15, 0.2) is 23.9 Å². The number of alkyl halides is 3. The molecule has 2 N–H and O–H groups in total. The molecule has 0 bridgehead atoms. The molecule has 1 aromatic rings. The minimum atomic E-state index is -4.23. The second kappa shape index (κ2) is 4.23. The van der Waals surface area contributed by atoms with Gasteiger partial charge in [0, 0.05) is 24.9 Å². The molecule has 1 aliphatic heterocycles. The predicted molar refractivity (Wildman–Crippen MR) is 57.4 cm³/mol. The molecule has 7 heteroatoms. The van der Waals surface area contributed by atoms with Crippen LogP contribution >= 0.6 is 0 Å². The fraction of sp³-hybridized carbons (Fsp3) is 0.400. The normalized spacial score (nSPS) is 16.9. The molecular formula is C10H11F3N4. The van der Waals surface area contributed by atoms with Gasteiger partial charge in [-0.2, -0.15) is 18.2 Å². The Labute approximate surface area is 96.0 Å². The van der Waals surface area contributed by atoms with E-state index in [0.29, 0.717) is 5.82 Å². The van der Waals surface area contributed by atoms with Crippen LogP contribution in [0.3, 0.4) is 0 Å². The topological polar surface area (TPSA) is 55.0 Å². The van der Waals surface area contributed by atoms with E-state index in [2.05, 4.69) is 9.97 Å². The van der Waals surface area contributed by atoms with Crippen LogP contribution in [0.2, 0.25) is 0 Å². The molecule has 0 saturated carbocycles. The summed E-state index contributed by atoms with van der Waals surface area (Å²) in [5.41, 5.74) is 4.94. The second-order valence-corrected chi connectivity index (χ2v) is 3.70. The Balaban J connectivity index is 2.12. The van der Waals surface area contributed by atoms with E-state index in [1.165, 1.54) is 12.3 Å². The van der Waals surface area contributed by atoms with Gasteiger partial charge in [-0.3, -0.25) is 0 Å². The number of halogens is 3. The maximum Gasteiger partial charge on any atom is 0.412 e. The summed E-state index contributed by atoms with van der Waals surface area (Å²) in [7, 11) is 0. The fourth-order valence-corrected chi connectivity index (χ4v) is 1.67. The van der Waals surface area contributed by atoms with Crippen LogP contribution < -0.4 is 10.6 Å². The van der Waals surface area contributed by atoms with E-state index in [0.717, 1.165) is 0 Å². The minimum absolute atomic E-state index is 0.0343. The van der Waals surface area contributed by atoms with Crippen LogP contribution in [0.25, 0.3) is 0 Å². The summed E-state index contributed by atoms with van der Waals surface area (Å²) in [5.74, 6) is 0.670. The van der Waals surface area contributed by atoms with Crippen molar-refractivity contribution in [2.75, 3.05) is 23.7 Å². The Hall–Kier alpha value is -1.79. The smallest absolute Gasteiger partial charge is 0.368 e. The average Bonchev–Trinajstić information content (AvgIpc) is 2.28. The summed E-state index contributed by atoms with van der Waals surface area (Å²) >= 11 is 0. The number of aromatic nitrogens is 2. The highest BCUT2D eigenvalue weighted by Crippen LogP contribution is 2.31. The van der Waals surface area contributed by atoms with Crippen LogP contribution in [0.4, 0.5) is 24.9 Å². The molecule has 4 nitrogen and oxygen atoms in total. The summed E-state index contributed by atoms with van der Waals surface area (Å²) < 4.78 is 37.2. The summed E-state index contributed by atoms with van der Waals surface area (Å²) in [6.07, 6.45) is -1.59. The molecule has 0 radical (unpaired) electrons. The molecule has 0 fully saturated rings. The van der Waals surface area contributed by atoms with Gasteiger partial charge in [-0.25, -0.2) is 4.98 Å². The largest absolute Gasteiger partial charge is 0.412 e. The minimum Gasteiger partial charge on any atom is -0.368 e. The van der Waals surface area contributed by atoms with Crippen LogP contribution in [-0.4, -0.2) is 29.2 Å². The summed E-state index contributed by atoms with van der Waals surface area (Å²) in [4.78, 5) is 9.43. The molecule has 1 aliphatic rings. The van der Waals surface area contributed by atoms with Gasteiger partial charge in [0.15, 0.2) is 0 Å². The predicted octanol–water partition coefficient (Wildman–Crippen LogP) is 1.76. The van der Waals surface area contributed by atoms with Gasteiger partial charge in [-0.1, -0.05) is 6.08 Å². The first-order valence-electron chi connectivity index (χ1n) is 5.06. The third-order valence-electron chi connectivity index (χ3n) is 2.56. The molecule has 1 aromatic heterocycles. The summed E-state index contributed by atoms with van der Waals surface area (Å²) in [6, 6.07) is 1.63. The highest BCUT2D eigenvalue weighted by atomic mass is 19.4. The molecular weight excluding hydrogens is 233 g/mol. The van der Waals surface area contributed by atoms with Gasteiger partial charge >= 0.3 is 6.18 Å². The first kappa shape index (κ1) is 11.7. The molecule has 0 spiro atoms. The number of nitrogens with zero attached hydrogens (tertiary/aromatic N) is 3. The number of nitrogen functional groups attached to an aromatic ring is 1. The molecule has 0 atom stereocenters. The molecule has 17 heavy (non-hydrogen) atoms. The fourth-order valence-electron chi connectivity index (χ4n) is 1.67. The monoisotopic (exact) mass is 244 g/mol. The quantitative estimate of drug-likeness (QED) is 0.765. The van der Waals surface area contributed by atoms with Gasteiger partial charge in [0.2, 0.25) is 5.95 Å². The number of hydrogen-bond donors (Lipinski definition) is 1. The number of rotatable bonds is 1. The SMILES string of the molecule is Nc1nccc(N2CC=C(C(F)(F)F)CC2)n1. The zero-order valence-electron chi connectivity index (χ0n) is 8.91. The molecule has 0 unspecified atom stereocenters. The Kier molecular flexibility index (Phi) is 2.91. The van der Waals surface area contributed by atoms with Gasteiger partial charge < -0.3 is 10.6 Å². The Morgan fingerprint density at radius 3 is 2.65 bits per heavy atom. The van der Waals surface area contributed by atoms with E-state index in [1.807, 2.05) is 0 Å². The van der Waals surface area contributed by atoms with Gasteiger partial charge in [-0.15, -0.1) is 0 Å². The van der Waals surface area contributed by atoms with Crippen molar-refractivity contribution >= 4 is 11.8 Å². The zero-order valence-corrected chi connectivity index (χ0v) is 8.91. The Morgan fingerprint density at radius 2 is 2.12 bits per heavy atom. The van der Waals surface area contributed by atoms with E-state index in [4.69, 9.17) is 5.73 Å². The standard InChI is InChI=1S/C10H11F3N4/c11-10(12,13)7-2-5-17(6-3-7)8-1-4-15-9(14)16-8/h1-2,4H,3,5-6H2,(H2,14,15,16). The van der Waals surface area contributed by atoms with Crippen molar-refractivity contribution in [2.24, 2.45) is 0 Å². The molecule has 92 valence electrons. The maximum absolute atomic E-state index is 12.4. The molecule has 0 saturated heterocycles. The van der Waals surface area contributed by atoms with E-state index in [1.54, 1.807) is 11.0 Å². The van der Waals surface area contributed by atoms with Crippen LogP contribution in [0.1, 0.15) is 6.42 Å². The van der Waals surface area contributed by atoms with Crippen LogP contribution in [0, 0.1) is 0 Å². The van der Waals surface area contributed by atoms with E-state index < -0.39 is 11.7 Å². The molecule has 2 rings (SSSR count). The van der Waals surface area contributed by atoms with Crippen molar-refractivity contribution in [1.29, 1.82) is 0 Å². The average molecular weight is 244 g/mol. The van der Waals surface area contributed by atoms with Crippen molar-refractivity contribution in [3.63, 3.8) is 0 Å². The molecule has 0 amide bonds. The van der Waals surface area contributed by atoms with E-state index >= 15 is 0 Å². The molecule has 0 aromatic carbocycles. The van der Waals surface area contributed by atoms with Crippen LogP contribution in [0.5, 0.6) is 0 Å². The maximum atomic E-state index is 12.4. The number of hydrogen-bond acceptors (Lipinski definition) is 4. The van der Waals surface area contributed by atoms with E-state index in [-0.39, 0.29) is 25.5 Å².